The molecule has 1 aliphatic heterocycles. The molecule has 0 aromatic rings. The minimum atomic E-state index is 0.278. The summed E-state index contributed by atoms with van der Waals surface area (Å²) in [7, 11) is 2.03. The average molecular weight is 128 g/mol. The van der Waals surface area contributed by atoms with Gasteiger partial charge in [0.15, 0.2) is 0 Å². The van der Waals surface area contributed by atoms with E-state index >= 15 is 0 Å². The predicted octanol–water partition coefficient (Wildman–Crippen LogP) is 0.695. The van der Waals surface area contributed by atoms with E-state index in [0.717, 1.165) is 0 Å². The standard InChI is InChI=1S/C7H16N2/c1-3-7(8-2)5-4-6-9-7/h8-9H,3-6H2,1-2H3/t7-/m0/s1. The van der Waals surface area contributed by atoms with E-state index in [4.69, 9.17) is 0 Å². The van der Waals surface area contributed by atoms with Gasteiger partial charge in [-0.3, -0.25) is 5.32 Å². The zero-order chi connectivity index (χ0) is 6.74. The maximum absolute atomic E-state index is 3.46. The van der Waals surface area contributed by atoms with Crippen molar-refractivity contribution in [3.63, 3.8) is 0 Å². The molecule has 0 aromatic carbocycles. The lowest BCUT2D eigenvalue weighted by atomic mass is 10.1. The molecule has 54 valence electrons. The summed E-state index contributed by atoms with van der Waals surface area (Å²) in [4.78, 5) is 0. The van der Waals surface area contributed by atoms with Crippen molar-refractivity contribution in [3.05, 3.63) is 0 Å². The number of rotatable bonds is 2. The zero-order valence-electron chi connectivity index (χ0n) is 6.33. The molecule has 0 aliphatic carbocycles. The Hall–Kier alpha value is -0.0800. The molecule has 2 nitrogen and oxygen atoms in total. The molecule has 9 heavy (non-hydrogen) atoms. The van der Waals surface area contributed by atoms with E-state index in [-0.39, 0.29) is 5.66 Å². The fraction of sp³-hybridized carbons (Fsp3) is 1.00. The molecule has 0 spiro atoms. The van der Waals surface area contributed by atoms with Crippen molar-refractivity contribution in [3.8, 4) is 0 Å². The first-order valence-electron chi connectivity index (χ1n) is 3.77. The van der Waals surface area contributed by atoms with Gasteiger partial charge in [0.05, 0.1) is 5.66 Å². The minimum absolute atomic E-state index is 0.278. The Kier molecular flexibility index (Phi) is 2.09. The SMILES string of the molecule is CC[C@@]1(NC)CCCN1. The van der Waals surface area contributed by atoms with E-state index in [0.29, 0.717) is 0 Å². The van der Waals surface area contributed by atoms with E-state index in [1.54, 1.807) is 0 Å². The number of nitrogens with one attached hydrogen (secondary N) is 2. The smallest absolute Gasteiger partial charge is 0.0682 e. The van der Waals surface area contributed by atoms with Crippen molar-refractivity contribution in [1.29, 1.82) is 0 Å². The van der Waals surface area contributed by atoms with Gasteiger partial charge >= 0.3 is 0 Å². The summed E-state index contributed by atoms with van der Waals surface area (Å²) in [6.07, 6.45) is 3.78. The molecular weight excluding hydrogens is 112 g/mol. The van der Waals surface area contributed by atoms with Gasteiger partial charge in [0, 0.05) is 0 Å². The molecule has 1 heterocycles. The molecular formula is C7H16N2. The van der Waals surface area contributed by atoms with Crippen LogP contribution in [0.4, 0.5) is 0 Å². The molecule has 2 heteroatoms. The van der Waals surface area contributed by atoms with Crippen LogP contribution in [0.2, 0.25) is 0 Å². The van der Waals surface area contributed by atoms with Crippen LogP contribution in [0.1, 0.15) is 26.2 Å². The van der Waals surface area contributed by atoms with Gasteiger partial charge in [-0.05, 0) is 32.9 Å². The molecule has 0 saturated carbocycles. The first kappa shape index (κ1) is 7.03. The Balaban J connectivity index is 2.45. The molecule has 1 saturated heterocycles. The maximum atomic E-state index is 3.46. The Morgan fingerprint density at radius 2 is 2.44 bits per heavy atom. The molecule has 1 atom stereocenters. The molecule has 2 N–H and O–H groups in total. The molecule has 1 aliphatic rings. The van der Waals surface area contributed by atoms with Crippen molar-refractivity contribution in [2.75, 3.05) is 13.6 Å². The topological polar surface area (TPSA) is 24.1 Å². The van der Waals surface area contributed by atoms with Crippen LogP contribution in [-0.4, -0.2) is 19.3 Å². The molecule has 0 radical (unpaired) electrons. The van der Waals surface area contributed by atoms with Crippen LogP contribution in [0, 0.1) is 0 Å². The van der Waals surface area contributed by atoms with Crippen molar-refractivity contribution < 1.29 is 0 Å². The molecule has 0 amide bonds. The van der Waals surface area contributed by atoms with Crippen LogP contribution in [0.3, 0.4) is 0 Å². The predicted molar refractivity (Wildman–Crippen MR) is 39.3 cm³/mol. The third-order valence-electron chi connectivity index (χ3n) is 2.33. The molecule has 1 fully saturated rings. The van der Waals surface area contributed by atoms with Crippen molar-refractivity contribution in [1.82, 2.24) is 10.6 Å². The maximum Gasteiger partial charge on any atom is 0.0682 e. The van der Waals surface area contributed by atoms with E-state index in [2.05, 4.69) is 17.6 Å². The highest BCUT2D eigenvalue weighted by molar-refractivity contribution is 4.87. The van der Waals surface area contributed by atoms with Crippen LogP contribution in [0.15, 0.2) is 0 Å². The fourth-order valence-electron chi connectivity index (χ4n) is 1.50. The van der Waals surface area contributed by atoms with E-state index < -0.39 is 0 Å². The van der Waals surface area contributed by atoms with Gasteiger partial charge in [-0.25, -0.2) is 0 Å². The van der Waals surface area contributed by atoms with Gasteiger partial charge in [-0.2, -0.15) is 0 Å². The van der Waals surface area contributed by atoms with Crippen LogP contribution >= 0.6 is 0 Å². The first-order valence-corrected chi connectivity index (χ1v) is 3.77. The highest BCUT2D eigenvalue weighted by Gasteiger charge is 2.28. The Bertz CT molecular complexity index is 78.9. The second kappa shape index (κ2) is 2.67. The van der Waals surface area contributed by atoms with E-state index in [9.17, 15) is 0 Å². The van der Waals surface area contributed by atoms with Crippen LogP contribution in [-0.2, 0) is 0 Å². The highest BCUT2D eigenvalue weighted by Crippen LogP contribution is 2.18. The lowest BCUT2D eigenvalue weighted by molar-refractivity contribution is 0.307. The molecule has 0 unspecified atom stereocenters. The Morgan fingerprint density at radius 1 is 1.67 bits per heavy atom. The van der Waals surface area contributed by atoms with Gasteiger partial charge in [0.25, 0.3) is 0 Å². The summed E-state index contributed by atoms with van der Waals surface area (Å²) in [5.41, 5.74) is 0.278. The van der Waals surface area contributed by atoms with Crippen LogP contribution in [0.5, 0.6) is 0 Å². The lowest BCUT2D eigenvalue weighted by Gasteiger charge is -2.27. The van der Waals surface area contributed by atoms with Gasteiger partial charge < -0.3 is 5.32 Å². The average Bonchev–Trinajstić information content (AvgIpc) is 2.36. The van der Waals surface area contributed by atoms with Crippen molar-refractivity contribution in [2.45, 2.75) is 31.8 Å². The van der Waals surface area contributed by atoms with Gasteiger partial charge in [-0.15, -0.1) is 0 Å². The quantitative estimate of drug-likeness (QED) is 0.572. The molecule has 0 aromatic heterocycles. The lowest BCUT2D eigenvalue weighted by Crippen LogP contribution is -2.50. The summed E-state index contributed by atoms with van der Waals surface area (Å²) in [5, 5.41) is 6.77. The first-order chi connectivity index (χ1) is 4.33. The summed E-state index contributed by atoms with van der Waals surface area (Å²) < 4.78 is 0. The monoisotopic (exact) mass is 128 g/mol. The second-order valence-electron chi connectivity index (χ2n) is 2.72. The van der Waals surface area contributed by atoms with Crippen molar-refractivity contribution >= 4 is 0 Å². The summed E-state index contributed by atoms with van der Waals surface area (Å²) in [6.45, 7) is 3.39. The van der Waals surface area contributed by atoms with Gasteiger partial charge in [0.2, 0.25) is 0 Å². The fourth-order valence-corrected chi connectivity index (χ4v) is 1.50. The highest BCUT2D eigenvalue weighted by atomic mass is 15.2. The summed E-state index contributed by atoms with van der Waals surface area (Å²) in [5.74, 6) is 0. The zero-order valence-corrected chi connectivity index (χ0v) is 6.33. The minimum Gasteiger partial charge on any atom is -0.302 e. The van der Waals surface area contributed by atoms with Crippen molar-refractivity contribution in [2.24, 2.45) is 0 Å². The molecule has 1 rings (SSSR count). The summed E-state index contributed by atoms with van der Waals surface area (Å²) >= 11 is 0. The second-order valence-corrected chi connectivity index (χ2v) is 2.72. The van der Waals surface area contributed by atoms with Crippen LogP contribution in [0.25, 0.3) is 0 Å². The summed E-state index contributed by atoms with van der Waals surface area (Å²) in [6, 6.07) is 0. The van der Waals surface area contributed by atoms with Gasteiger partial charge in [0.1, 0.15) is 0 Å². The third-order valence-corrected chi connectivity index (χ3v) is 2.33. The van der Waals surface area contributed by atoms with E-state index in [1.807, 2.05) is 7.05 Å². The van der Waals surface area contributed by atoms with Crippen LogP contribution < -0.4 is 10.6 Å². The molecule has 0 bridgehead atoms. The van der Waals surface area contributed by atoms with E-state index in [1.165, 1.54) is 25.8 Å². The Morgan fingerprint density at radius 3 is 2.67 bits per heavy atom. The number of hydrogen-bond donors (Lipinski definition) is 2. The largest absolute Gasteiger partial charge is 0.302 e. The van der Waals surface area contributed by atoms with Gasteiger partial charge in [-0.1, -0.05) is 6.92 Å². The number of hydrogen-bond acceptors (Lipinski definition) is 2. The normalized spacial score (nSPS) is 35.3. The third kappa shape index (κ3) is 1.25. The Labute approximate surface area is 57.0 Å².